The maximum atomic E-state index is 12.2. The van der Waals surface area contributed by atoms with Gasteiger partial charge in [-0.05, 0) is 51.4 Å². The molecule has 0 N–H and O–H groups in total. The van der Waals surface area contributed by atoms with Crippen LogP contribution in [0.2, 0.25) is 0 Å². The largest absolute Gasteiger partial charge is 0.466 e. The lowest BCUT2D eigenvalue weighted by Gasteiger charge is -2.42. The topological polar surface area (TPSA) is 59.1 Å². The van der Waals surface area contributed by atoms with Crippen LogP contribution in [0.4, 0.5) is 4.79 Å². The molecule has 1 amide bonds. The molecule has 3 aliphatic heterocycles. The third-order valence-electron chi connectivity index (χ3n) is 6.48. The summed E-state index contributed by atoms with van der Waals surface area (Å²) in [5.74, 6) is 1.16. The van der Waals surface area contributed by atoms with Gasteiger partial charge in [0.05, 0.1) is 19.1 Å². The smallest absolute Gasteiger partial charge is 0.410 e. The lowest BCUT2D eigenvalue weighted by Crippen LogP contribution is -2.52. The van der Waals surface area contributed by atoms with Gasteiger partial charge < -0.3 is 14.4 Å². The molecule has 1 aliphatic carbocycles. The first-order chi connectivity index (χ1) is 11.6. The Bertz CT molecular complexity index is 499. The number of carbonyl (C=O) groups excluding carboxylic acids is 2. The van der Waals surface area contributed by atoms with Crippen LogP contribution in [0.1, 0.15) is 39.5 Å². The molecule has 4 fully saturated rings. The zero-order valence-electron chi connectivity index (χ0n) is 14.6. The molecule has 2 unspecified atom stereocenters. The van der Waals surface area contributed by atoms with Gasteiger partial charge in [0.25, 0.3) is 0 Å². The Labute approximate surface area is 143 Å². The Kier molecular flexibility index (Phi) is 4.19. The van der Waals surface area contributed by atoms with E-state index >= 15 is 0 Å². The van der Waals surface area contributed by atoms with Gasteiger partial charge in [-0.15, -0.1) is 0 Å². The van der Waals surface area contributed by atoms with Crippen LogP contribution in [-0.4, -0.2) is 66.3 Å². The second kappa shape index (κ2) is 6.21. The van der Waals surface area contributed by atoms with E-state index in [1.807, 2.05) is 18.7 Å². The first-order valence-corrected chi connectivity index (χ1v) is 9.49. The highest BCUT2D eigenvalue weighted by molar-refractivity contribution is 5.77. The van der Waals surface area contributed by atoms with Crippen molar-refractivity contribution in [2.24, 2.45) is 17.8 Å². The number of rotatable bonds is 4. The van der Waals surface area contributed by atoms with E-state index in [9.17, 15) is 9.59 Å². The number of carbonyl (C=O) groups is 2. The minimum Gasteiger partial charge on any atom is -0.466 e. The van der Waals surface area contributed by atoms with Crippen LogP contribution in [-0.2, 0) is 14.3 Å². The number of likely N-dealkylation sites (tertiary alicyclic amines) is 1. The fraction of sp³-hybridized carbons (Fsp3) is 0.889. The fourth-order valence-electron chi connectivity index (χ4n) is 5.39. The maximum Gasteiger partial charge on any atom is 0.410 e. The molecule has 3 heterocycles. The van der Waals surface area contributed by atoms with E-state index in [1.54, 1.807) is 0 Å². The van der Waals surface area contributed by atoms with Crippen molar-refractivity contribution in [2.45, 2.75) is 57.7 Å². The van der Waals surface area contributed by atoms with Crippen molar-refractivity contribution in [1.29, 1.82) is 0 Å². The molecule has 2 bridgehead atoms. The van der Waals surface area contributed by atoms with E-state index in [0.29, 0.717) is 43.2 Å². The minimum atomic E-state index is -0.130. The molecular formula is C18H28N2O4. The highest BCUT2D eigenvalue weighted by Crippen LogP contribution is 2.54. The van der Waals surface area contributed by atoms with Crippen molar-refractivity contribution in [3.8, 4) is 0 Å². The molecule has 6 heteroatoms. The minimum absolute atomic E-state index is 0.00403. The Morgan fingerprint density at radius 1 is 0.917 bits per heavy atom. The van der Waals surface area contributed by atoms with E-state index in [2.05, 4.69) is 4.90 Å². The molecule has 0 aromatic heterocycles. The standard InChI is InChI=1S/C18H28N2O4/c1-3-23-17(21)16-14-9-19(10-15(14)16)13-7-11-5-6-12(8-13)20(11)18(22)24-4-2/h11-16H,3-10H2,1-2H3/t11?,12?,13?,14-,15+,16+. The molecule has 5 atom stereocenters. The van der Waals surface area contributed by atoms with Crippen LogP contribution < -0.4 is 0 Å². The van der Waals surface area contributed by atoms with Gasteiger partial charge >= 0.3 is 12.1 Å². The van der Waals surface area contributed by atoms with Crippen LogP contribution in [0, 0.1) is 17.8 Å². The van der Waals surface area contributed by atoms with Crippen molar-refractivity contribution in [3.63, 3.8) is 0 Å². The van der Waals surface area contributed by atoms with Crippen LogP contribution in [0.5, 0.6) is 0 Å². The van der Waals surface area contributed by atoms with Gasteiger partial charge in [0.2, 0.25) is 0 Å². The summed E-state index contributed by atoms with van der Waals surface area (Å²) in [5, 5.41) is 0. The second-order valence-electron chi connectivity index (χ2n) is 7.68. The summed E-state index contributed by atoms with van der Waals surface area (Å²) in [6.07, 6.45) is 4.19. The highest BCUT2D eigenvalue weighted by atomic mass is 16.6. The zero-order chi connectivity index (χ0) is 16.8. The molecule has 24 heavy (non-hydrogen) atoms. The Morgan fingerprint density at radius 3 is 2.04 bits per heavy atom. The highest BCUT2D eigenvalue weighted by Gasteiger charge is 2.61. The summed E-state index contributed by atoms with van der Waals surface area (Å²) < 4.78 is 10.4. The molecule has 134 valence electrons. The third kappa shape index (κ3) is 2.59. The molecule has 1 saturated carbocycles. The van der Waals surface area contributed by atoms with Gasteiger partial charge in [-0.2, -0.15) is 0 Å². The number of fused-ring (bicyclic) bond motifs is 3. The van der Waals surface area contributed by atoms with Gasteiger partial charge in [-0.1, -0.05) is 0 Å². The van der Waals surface area contributed by atoms with Crippen molar-refractivity contribution < 1.29 is 19.1 Å². The van der Waals surface area contributed by atoms with Crippen molar-refractivity contribution in [2.75, 3.05) is 26.3 Å². The molecule has 0 radical (unpaired) electrons. The number of nitrogens with zero attached hydrogens (tertiary/aromatic N) is 2. The average Bonchev–Trinajstić information content (AvgIpc) is 2.93. The molecule has 0 aromatic carbocycles. The number of piperidine rings is 2. The summed E-state index contributed by atoms with van der Waals surface area (Å²) in [6, 6.07) is 1.24. The first kappa shape index (κ1) is 16.2. The van der Waals surface area contributed by atoms with Crippen molar-refractivity contribution >= 4 is 12.1 Å². The van der Waals surface area contributed by atoms with E-state index in [4.69, 9.17) is 9.47 Å². The van der Waals surface area contributed by atoms with E-state index in [1.165, 1.54) is 0 Å². The number of amides is 1. The second-order valence-corrected chi connectivity index (χ2v) is 7.68. The summed E-state index contributed by atoms with van der Waals surface area (Å²) in [5.41, 5.74) is 0. The molecule has 4 rings (SSSR count). The Balaban J connectivity index is 1.32. The van der Waals surface area contributed by atoms with E-state index in [0.717, 1.165) is 38.8 Å². The molecule has 6 nitrogen and oxygen atoms in total. The van der Waals surface area contributed by atoms with Gasteiger partial charge in [-0.25, -0.2) is 4.79 Å². The van der Waals surface area contributed by atoms with Crippen LogP contribution in [0.25, 0.3) is 0 Å². The number of ether oxygens (including phenoxy) is 2. The Morgan fingerprint density at radius 2 is 1.50 bits per heavy atom. The maximum absolute atomic E-state index is 12.2. The van der Waals surface area contributed by atoms with Gasteiger partial charge in [-0.3, -0.25) is 9.69 Å². The summed E-state index contributed by atoms with van der Waals surface area (Å²) in [7, 11) is 0. The molecule has 4 aliphatic rings. The van der Waals surface area contributed by atoms with Crippen LogP contribution in [0.15, 0.2) is 0 Å². The summed E-state index contributed by atoms with van der Waals surface area (Å²) >= 11 is 0. The van der Waals surface area contributed by atoms with Crippen molar-refractivity contribution in [1.82, 2.24) is 9.80 Å². The lowest BCUT2D eigenvalue weighted by molar-refractivity contribution is -0.145. The summed E-state index contributed by atoms with van der Waals surface area (Å²) in [4.78, 5) is 28.6. The lowest BCUT2D eigenvalue weighted by atomic mass is 9.96. The van der Waals surface area contributed by atoms with Gasteiger partial charge in [0.15, 0.2) is 0 Å². The van der Waals surface area contributed by atoms with Crippen LogP contribution >= 0.6 is 0 Å². The van der Waals surface area contributed by atoms with Crippen LogP contribution in [0.3, 0.4) is 0 Å². The van der Waals surface area contributed by atoms with Gasteiger partial charge in [0.1, 0.15) is 0 Å². The fourth-order valence-corrected chi connectivity index (χ4v) is 5.39. The zero-order valence-corrected chi connectivity index (χ0v) is 14.6. The van der Waals surface area contributed by atoms with E-state index < -0.39 is 0 Å². The van der Waals surface area contributed by atoms with E-state index in [-0.39, 0.29) is 18.0 Å². The third-order valence-corrected chi connectivity index (χ3v) is 6.48. The molecular weight excluding hydrogens is 308 g/mol. The first-order valence-electron chi connectivity index (χ1n) is 9.49. The monoisotopic (exact) mass is 336 g/mol. The number of hydrogen-bond acceptors (Lipinski definition) is 5. The number of hydrogen-bond donors (Lipinski definition) is 0. The molecule has 3 saturated heterocycles. The SMILES string of the molecule is CCOC(=O)[C@H]1[C@@H]2CN(C3CC4CCC(C3)N4C(=O)OCC)C[C@@H]21. The number of esters is 1. The van der Waals surface area contributed by atoms with Crippen molar-refractivity contribution in [3.05, 3.63) is 0 Å². The quantitative estimate of drug-likeness (QED) is 0.734. The average molecular weight is 336 g/mol. The predicted molar refractivity (Wildman–Crippen MR) is 87.4 cm³/mol. The molecule has 0 spiro atoms. The normalized spacial score (nSPS) is 40.3. The predicted octanol–water partition coefficient (Wildman–Crippen LogP) is 1.88. The molecule has 0 aromatic rings. The Hall–Kier alpha value is -1.30. The van der Waals surface area contributed by atoms with Gasteiger partial charge in [0, 0.05) is 31.2 Å². The summed E-state index contributed by atoms with van der Waals surface area (Å²) in [6.45, 7) is 6.71.